The first kappa shape index (κ1) is 26.6. The molecule has 3 aromatic carbocycles. The van der Waals surface area contributed by atoms with Crippen molar-refractivity contribution in [1.29, 1.82) is 0 Å². The number of carbonyl (C=O) groups is 1. The smallest absolute Gasteiger partial charge is 0.247 e. The van der Waals surface area contributed by atoms with Crippen LogP contribution in [0.1, 0.15) is 29.5 Å². The predicted molar refractivity (Wildman–Crippen MR) is 154 cm³/mol. The number of hydrogen-bond acceptors (Lipinski definition) is 7. The largest absolute Gasteiger partial charge is 0.495 e. The third kappa shape index (κ3) is 5.30. The van der Waals surface area contributed by atoms with E-state index in [1.165, 1.54) is 19.2 Å². The van der Waals surface area contributed by atoms with Crippen molar-refractivity contribution < 1.29 is 22.3 Å². The lowest BCUT2D eigenvalue weighted by atomic mass is 9.92. The SMILES string of the molecule is COc1cc2c(cc1Nc1nc3ccc(-c4ccc(CC(=O)[C@H](C)c5ccc(F)cc5)cc4)cn3n1)CCS2(=O)=O. The van der Waals surface area contributed by atoms with Crippen LogP contribution < -0.4 is 10.1 Å². The highest BCUT2D eigenvalue weighted by molar-refractivity contribution is 7.91. The maximum Gasteiger partial charge on any atom is 0.247 e. The highest BCUT2D eigenvalue weighted by atomic mass is 32.2. The Morgan fingerprint density at radius 3 is 2.51 bits per heavy atom. The number of nitrogens with zero attached hydrogens (tertiary/aromatic N) is 3. The maximum absolute atomic E-state index is 13.2. The lowest BCUT2D eigenvalue weighted by Crippen LogP contribution is -2.12. The molecule has 0 radical (unpaired) electrons. The topological polar surface area (TPSA) is 103 Å². The summed E-state index contributed by atoms with van der Waals surface area (Å²) in [5.41, 5.74) is 5.56. The fourth-order valence-corrected chi connectivity index (χ4v) is 6.60. The van der Waals surface area contributed by atoms with E-state index in [0.29, 0.717) is 34.3 Å². The van der Waals surface area contributed by atoms with Gasteiger partial charge in [0.2, 0.25) is 5.95 Å². The number of anilines is 2. The molecule has 2 aromatic heterocycles. The second kappa shape index (κ2) is 10.4. The molecule has 0 bridgehead atoms. The Morgan fingerprint density at radius 2 is 1.78 bits per heavy atom. The molecule has 208 valence electrons. The Balaban J connectivity index is 1.18. The Kier molecular flexibility index (Phi) is 6.78. The number of methoxy groups -OCH3 is 1. The number of ether oxygens (including phenoxy) is 1. The predicted octanol–water partition coefficient (Wildman–Crippen LogP) is 5.53. The van der Waals surface area contributed by atoms with E-state index in [4.69, 9.17) is 4.74 Å². The number of aryl methyl sites for hydroxylation is 1. The number of sulfone groups is 1. The third-order valence-electron chi connectivity index (χ3n) is 7.45. The van der Waals surface area contributed by atoms with Crippen molar-refractivity contribution in [3.63, 3.8) is 0 Å². The maximum atomic E-state index is 13.2. The van der Waals surface area contributed by atoms with Gasteiger partial charge in [0.25, 0.3) is 0 Å². The van der Waals surface area contributed by atoms with Crippen LogP contribution in [0, 0.1) is 5.82 Å². The van der Waals surface area contributed by atoms with Gasteiger partial charge in [-0.1, -0.05) is 43.3 Å². The summed E-state index contributed by atoms with van der Waals surface area (Å²) in [4.78, 5) is 17.7. The molecule has 5 aromatic rings. The normalized spacial score (nSPS) is 14.5. The molecular weight excluding hydrogens is 543 g/mol. The molecule has 3 heterocycles. The summed E-state index contributed by atoms with van der Waals surface area (Å²) in [5, 5.41) is 7.72. The molecule has 0 fully saturated rings. The van der Waals surface area contributed by atoms with Gasteiger partial charge >= 0.3 is 0 Å². The highest BCUT2D eigenvalue weighted by Crippen LogP contribution is 2.36. The number of nitrogens with one attached hydrogen (secondary N) is 1. The standard InChI is InChI=1S/C31H27FN4O4S/c1-19(21-7-10-25(32)11-8-21)27(37)15-20-3-5-22(6-4-20)24-9-12-30-34-31(35-36(30)18-24)33-26-16-23-13-14-41(38,39)29(23)17-28(26)40-2/h3-12,16-19H,13-15H2,1-2H3,(H,33,35)/t19-/m1/s1. The van der Waals surface area contributed by atoms with Gasteiger partial charge < -0.3 is 10.1 Å². The molecular formula is C31H27FN4O4S. The molecule has 8 nitrogen and oxygen atoms in total. The molecule has 6 rings (SSSR count). The number of Topliss-reactive ketones (excluding diaryl/α,β-unsaturated/α-hetero) is 1. The molecule has 0 aliphatic carbocycles. The second-order valence-corrected chi connectivity index (χ2v) is 12.2. The molecule has 1 aliphatic rings. The molecule has 0 unspecified atom stereocenters. The van der Waals surface area contributed by atoms with Gasteiger partial charge in [-0.2, -0.15) is 4.98 Å². The number of ketones is 1. The molecule has 1 aliphatic heterocycles. The van der Waals surface area contributed by atoms with Crippen molar-refractivity contribution in [3.8, 4) is 16.9 Å². The molecule has 1 atom stereocenters. The van der Waals surface area contributed by atoms with E-state index in [-0.39, 0.29) is 29.7 Å². The van der Waals surface area contributed by atoms with Gasteiger partial charge in [-0.15, -0.1) is 5.10 Å². The zero-order chi connectivity index (χ0) is 28.7. The summed E-state index contributed by atoms with van der Waals surface area (Å²) < 4.78 is 44.9. The Labute approximate surface area is 236 Å². The van der Waals surface area contributed by atoms with Crippen LogP contribution in [0.3, 0.4) is 0 Å². The number of benzene rings is 3. The summed E-state index contributed by atoms with van der Waals surface area (Å²) >= 11 is 0. The quantitative estimate of drug-likeness (QED) is 0.262. The van der Waals surface area contributed by atoms with E-state index < -0.39 is 9.84 Å². The zero-order valence-electron chi connectivity index (χ0n) is 22.5. The molecule has 10 heteroatoms. The monoisotopic (exact) mass is 570 g/mol. The van der Waals surface area contributed by atoms with Crippen LogP contribution in [0.4, 0.5) is 16.0 Å². The number of aromatic nitrogens is 3. The number of hydrogen-bond donors (Lipinski definition) is 1. The van der Waals surface area contributed by atoms with Crippen molar-refractivity contribution >= 4 is 32.9 Å². The van der Waals surface area contributed by atoms with Gasteiger partial charge in [0.1, 0.15) is 17.3 Å². The molecule has 0 amide bonds. The summed E-state index contributed by atoms with van der Waals surface area (Å²) in [5.74, 6) is 0.272. The number of rotatable bonds is 8. The first-order chi connectivity index (χ1) is 19.7. The molecule has 41 heavy (non-hydrogen) atoms. The van der Waals surface area contributed by atoms with E-state index >= 15 is 0 Å². The van der Waals surface area contributed by atoms with Crippen LogP contribution in [0.15, 0.2) is 83.9 Å². The van der Waals surface area contributed by atoms with Crippen molar-refractivity contribution in [2.24, 2.45) is 0 Å². The third-order valence-corrected chi connectivity index (χ3v) is 9.25. The van der Waals surface area contributed by atoms with Crippen molar-refractivity contribution in [2.45, 2.75) is 30.6 Å². The van der Waals surface area contributed by atoms with E-state index in [2.05, 4.69) is 15.4 Å². The highest BCUT2D eigenvalue weighted by Gasteiger charge is 2.28. The van der Waals surface area contributed by atoms with Crippen LogP contribution in [0.2, 0.25) is 0 Å². The van der Waals surface area contributed by atoms with Crippen LogP contribution in [0.25, 0.3) is 16.8 Å². The van der Waals surface area contributed by atoms with Gasteiger partial charge in [-0.05, 0) is 59.0 Å². The minimum absolute atomic E-state index is 0.0649. The van der Waals surface area contributed by atoms with Gasteiger partial charge in [0.05, 0.1) is 23.4 Å². The number of halogens is 1. The number of fused-ring (bicyclic) bond motifs is 2. The summed E-state index contributed by atoms with van der Waals surface area (Å²) in [7, 11) is -1.79. The van der Waals surface area contributed by atoms with Crippen molar-refractivity contribution in [1.82, 2.24) is 14.6 Å². The first-order valence-corrected chi connectivity index (χ1v) is 14.8. The van der Waals surface area contributed by atoms with Crippen LogP contribution >= 0.6 is 0 Å². The summed E-state index contributed by atoms with van der Waals surface area (Å²) in [6, 6.07) is 21.0. The van der Waals surface area contributed by atoms with Crippen LogP contribution in [-0.4, -0.2) is 41.7 Å². The fraction of sp³-hybridized carbons (Fsp3) is 0.194. The van der Waals surface area contributed by atoms with Crippen LogP contribution in [-0.2, 0) is 27.5 Å². The minimum atomic E-state index is -3.28. The van der Waals surface area contributed by atoms with E-state index in [9.17, 15) is 17.6 Å². The van der Waals surface area contributed by atoms with Crippen molar-refractivity contribution in [3.05, 3.63) is 102 Å². The van der Waals surface area contributed by atoms with E-state index in [1.54, 1.807) is 28.8 Å². The van der Waals surface area contributed by atoms with Crippen LogP contribution in [0.5, 0.6) is 5.75 Å². The lowest BCUT2D eigenvalue weighted by Gasteiger charge is -2.11. The molecule has 0 spiro atoms. The Hall–Kier alpha value is -4.57. The number of pyridine rings is 1. The fourth-order valence-electron chi connectivity index (χ4n) is 5.05. The minimum Gasteiger partial charge on any atom is -0.495 e. The lowest BCUT2D eigenvalue weighted by molar-refractivity contribution is -0.119. The second-order valence-electron chi connectivity index (χ2n) is 10.1. The van der Waals surface area contributed by atoms with Gasteiger partial charge in [-0.3, -0.25) is 4.79 Å². The van der Waals surface area contributed by atoms with E-state index in [0.717, 1.165) is 27.8 Å². The molecule has 0 saturated heterocycles. The Morgan fingerprint density at radius 1 is 1.05 bits per heavy atom. The average molecular weight is 571 g/mol. The van der Waals surface area contributed by atoms with Gasteiger partial charge in [0, 0.05) is 30.2 Å². The molecule has 0 saturated carbocycles. The first-order valence-electron chi connectivity index (χ1n) is 13.1. The average Bonchev–Trinajstić information content (AvgIpc) is 3.51. The van der Waals surface area contributed by atoms with E-state index in [1.807, 2.05) is 49.5 Å². The van der Waals surface area contributed by atoms with Gasteiger partial charge in [-0.25, -0.2) is 17.3 Å². The summed E-state index contributed by atoms with van der Waals surface area (Å²) in [6.45, 7) is 1.84. The Bertz CT molecular complexity index is 1880. The molecule has 1 N–H and O–H groups in total. The zero-order valence-corrected chi connectivity index (χ0v) is 23.3. The number of carbonyl (C=O) groups excluding carboxylic acids is 1. The van der Waals surface area contributed by atoms with Crippen molar-refractivity contribution in [2.75, 3.05) is 18.2 Å². The summed E-state index contributed by atoms with van der Waals surface area (Å²) in [6.07, 6.45) is 2.61. The van der Waals surface area contributed by atoms with Gasteiger partial charge in [0.15, 0.2) is 15.5 Å².